The fourth-order valence-corrected chi connectivity index (χ4v) is 1.63. The molecule has 0 aliphatic heterocycles. The maximum absolute atomic E-state index is 11.1. The van der Waals surface area contributed by atoms with Gasteiger partial charge in [-0.15, -0.1) is 0 Å². The Balaban J connectivity index is 2.48. The summed E-state index contributed by atoms with van der Waals surface area (Å²) < 4.78 is 0. The molecule has 0 fully saturated rings. The summed E-state index contributed by atoms with van der Waals surface area (Å²) in [4.78, 5) is 11.1. The van der Waals surface area contributed by atoms with Crippen LogP contribution in [0.4, 0.5) is 0 Å². The number of allylic oxidation sites excluding steroid dienone is 4. The van der Waals surface area contributed by atoms with Crippen molar-refractivity contribution in [3.8, 4) is 0 Å². The predicted octanol–water partition coefficient (Wildman–Crippen LogP) is 3.12. The van der Waals surface area contributed by atoms with Gasteiger partial charge in [0.1, 0.15) is 0 Å². The van der Waals surface area contributed by atoms with Gasteiger partial charge >= 0.3 is 0 Å². The fraction of sp³-hybridized carbons (Fsp3) is 0.583. The normalized spacial score (nSPS) is 28.2. The van der Waals surface area contributed by atoms with Crippen molar-refractivity contribution in [3.05, 3.63) is 24.3 Å². The van der Waals surface area contributed by atoms with Crippen LogP contribution in [0.5, 0.6) is 0 Å². The van der Waals surface area contributed by atoms with Crippen LogP contribution in [-0.4, -0.2) is 5.78 Å². The first-order valence-corrected chi connectivity index (χ1v) is 5.11. The van der Waals surface area contributed by atoms with Crippen molar-refractivity contribution < 1.29 is 4.79 Å². The monoisotopic (exact) mass is 178 g/mol. The number of carbonyl (C=O) groups excluding carboxylic acids is 1. The van der Waals surface area contributed by atoms with Crippen LogP contribution < -0.4 is 0 Å². The van der Waals surface area contributed by atoms with Crippen molar-refractivity contribution in [1.82, 2.24) is 0 Å². The second kappa shape index (κ2) is 5.00. The van der Waals surface area contributed by atoms with Gasteiger partial charge in [-0.3, -0.25) is 4.79 Å². The summed E-state index contributed by atoms with van der Waals surface area (Å²) in [5.74, 6) is 1.40. The first-order valence-electron chi connectivity index (χ1n) is 5.11. The van der Waals surface area contributed by atoms with Crippen LogP contribution in [0, 0.1) is 11.8 Å². The van der Waals surface area contributed by atoms with E-state index >= 15 is 0 Å². The van der Waals surface area contributed by atoms with Crippen molar-refractivity contribution in [2.45, 2.75) is 33.1 Å². The molecule has 0 spiro atoms. The highest BCUT2D eigenvalue weighted by Crippen LogP contribution is 2.25. The highest BCUT2D eigenvalue weighted by atomic mass is 16.1. The number of rotatable bonds is 3. The summed E-state index contributed by atoms with van der Waals surface area (Å²) >= 11 is 0. The highest BCUT2D eigenvalue weighted by Gasteiger charge is 2.14. The van der Waals surface area contributed by atoms with E-state index in [1.54, 1.807) is 6.08 Å². The SMILES string of the molecule is CCC(=O)/C=C/C1CCC=CC1C. The maximum atomic E-state index is 11.1. The van der Waals surface area contributed by atoms with Gasteiger partial charge < -0.3 is 0 Å². The van der Waals surface area contributed by atoms with Gasteiger partial charge in [-0.1, -0.05) is 32.1 Å². The molecule has 0 bridgehead atoms. The second-order valence-electron chi connectivity index (χ2n) is 3.71. The van der Waals surface area contributed by atoms with Crippen molar-refractivity contribution in [1.29, 1.82) is 0 Å². The first-order chi connectivity index (χ1) is 6.24. The number of hydrogen-bond donors (Lipinski definition) is 0. The fourth-order valence-electron chi connectivity index (χ4n) is 1.63. The van der Waals surface area contributed by atoms with Gasteiger partial charge in [0.15, 0.2) is 5.78 Å². The van der Waals surface area contributed by atoms with Crippen molar-refractivity contribution >= 4 is 5.78 Å². The highest BCUT2D eigenvalue weighted by molar-refractivity contribution is 5.89. The van der Waals surface area contributed by atoms with E-state index in [9.17, 15) is 4.79 Å². The Labute approximate surface area is 80.5 Å². The molecule has 1 rings (SSSR count). The van der Waals surface area contributed by atoms with E-state index in [4.69, 9.17) is 0 Å². The Bertz CT molecular complexity index is 225. The number of ketones is 1. The van der Waals surface area contributed by atoms with E-state index in [0.29, 0.717) is 18.3 Å². The molecule has 0 saturated carbocycles. The van der Waals surface area contributed by atoms with Gasteiger partial charge in [-0.25, -0.2) is 0 Å². The molecule has 0 N–H and O–H groups in total. The molecule has 13 heavy (non-hydrogen) atoms. The summed E-state index contributed by atoms with van der Waals surface area (Å²) in [7, 11) is 0. The lowest BCUT2D eigenvalue weighted by Gasteiger charge is -2.20. The molecule has 0 aromatic heterocycles. The average Bonchev–Trinajstić information content (AvgIpc) is 2.16. The lowest BCUT2D eigenvalue weighted by atomic mass is 9.85. The molecule has 0 saturated heterocycles. The molecule has 0 amide bonds. The van der Waals surface area contributed by atoms with Gasteiger partial charge in [0.05, 0.1) is 0 Å². The molecule has 0 radical (unpaired) electrons. The van der Waals surface area contributed by atoms with E-state index in [1.807, 2.05) is 6.92 Å². The summed E-state index contributed by atoms with van der Waals surface area (Å²) in [6.07, 6.45) is 11.3. The number of hydrogen-bond acceptors (Lipinski definition) is 1. The van der Waals surface area contributed by atoms with Gasteiger partial charge in [0, 0.05) is 6.42 Å². The minimum absolute atomic E-state index is 0.238. The summed E-state index contributed by atoms with van der Waals surface area (Å²) in [6, 6.07) is 0. The summed E-state index contributed by atoms with van der Waals surface area (Å²) in [6.45, 7) is 4.11. The van der Waals surface area contributed by atoms with E-state index in [0.717, 1.165) is 6.42 Å². The van der Waals surface area contributed by atoms with Crippen LogP contribution in [-0.2, 0) is 4.79 Å². The van der Waals surface area contributed by atoms with E-state index < -0.39 is 0 Å². The van der Waals surface area contributed by atoms with Gasteiger partial charge in [-0.05, 0) is 30.8 Å². The van der Waals surface area contributed by atoms with Crippen LogP contribution in [0.2, 0.25) is 0 Å². The minimum atomic E-state index is 0.238. The zero-order chi connectivity index (χ0) is 9.68. The van der Waals surface area contributed by atoms with Gasteiger partial charge in [0.25, 0.3) is 0 Å². The lowest BCUT2D eigenvalue weighted by Crippen LogP contribution is -2.10. The molecular formula is C12H18O. The Hall–Kier alpha value is -0.850. The van der Waals surface area contributed by atoms with Crippen LogP contribution in [0.3, 0.4) is 0 Å². The number of carbonyl (C=O) groups is 1. The summed E-state index contributed by atoms with van der Waals surface area (Å²) in [5, 5.41) is 0. The quantitative estimate of drug-likeness (QED) is 0.479. The molecule has 1 nitrogen and oxygen atoms in total. The van der Waals surface area contributed by atoms with Gasteiger partial charge in [0.2, 0.25) is 0 Å². The molecule has 72 valence electrons. The van der Waals surface area contributed by atoms with Gasteiger partial charge in [-0.2, -0.15) is 0 Å². The molecule has 1 aliphatic carbocycles. The Kier molecular flexibility index (Phi) is 3.94. The van der Waals surface area contributed by atoms with E-state index in [-0.39, 0.29) is 5.78 Å². The second-order valence-corrected chi connectivity index (χ2v) is 3.71. The maximum Gasteiger partial charge on any atom is 0.155 e. The zero-order valence-corrected chi connectivity index (χ0v) is 8.49. The minimum Gasteiger partial charge on any atom is -0.295 e. The van der Waals surface area contributed by atoms with Crippen molar-refractivity contribution in [2.75, 3.05) is 0 Å². The van der Waals surface area contributed by atoms with Crippen LogP contribution in [0.15, 0.2) is 24.3 Å². The molecule has 2 unspecified atom stereocenters. The van der Waals surface area contributed by atoms with Crippen LogP contribution in [0.25, 0.3) is 0 Å². The molecule has 0 aromatic rings. The third kappa shape index (κ3) is 3.17. The lowest BCUT2D eigenvalue weighted by molar-refractivity contribution is -0.114. The molecule has 0 heterocycles. The molecule has 0 aromatic carbocycles. The van der Waals surface area contributed by atoms with Crippen molar-refractivity contribution in [3.63, 3.8) is 0 Å². The third-order valence-electron chi connectivity index (χ3n) is 2.66. The van der Waals surface area contributed by atoms with E-state index in [1.165, 1.54) is 6.42 Å². The van der Waals surface area contributed by atoms with Crippen LogP contribution in [0.1, 0.15) is 33.1 Å². The largest absolute Gasteiger partial charge is 0.295 e. The summed E-state index contributed by atoms with van der Waals surface area (Å²) in [5.41, 5.74) is 0. The third-order valence-corrected chi connectivity index (χ3v) is 2.66. The molecule has 2 atom stereocenters. The Morgan fingerprint density at radius 1 is 1.62 bits per heavy atom. The first kappa shape index (κ1) is 10.2. The Morgan fingerprint density at radius 3 is 3.00 bits per heavy atom. The topological polar surface area (TPSA) is 17.1 Å². The van der Waals surface area contributed by atoms with Crippen LogP contribution >= 0.6 is 0 Å². The predicted molar refractivity (Wildman–Crippen MR) is 55.5 cm³/mol. The molecular weight excluding hydrogens is 160 g/mol. The standard InChI is InChI=1S/C12H18O/c1-3-12(13)9-8-11-7-5-4-6-10(11)2/h4,6,8-11H,3,5,7H2,1-2H3/b9-8+. The molecule has 1 heteroatoms. The molecule has 1 aliphatic rings. The Morgan fingerprint density at radius 2 is 2.38 bits per heavy atom. The van der Waals surface area contributed by atoms with E-state index in [2.05, 4.69) is 25.2 Å². The average molecular weight is 178 g/mol. The van der Waals surface area contributed by atoms with Crippen molar-refractivity contribution in [2.24, 2.45) is 11.8 Å². The zero-order valence-electron chi connectivity index (χ0n) is 8.49. The smallest absolute Gasteiger partial charge is 0.155 e.